The van der Waals surface area contributed by atoms with E-state index in [0.29, 0.717) is 16.9 Å². The SMILES string of the molecule is CCCc1nc(-c2ccncc2)nc2c1c(=O)ccn2CC. The molecule has 0 amide bonds. The van der Waals surface area contributed by atoms with Gasteiger partial charge in [0.1, 0.15) is 5.65 Å². The van der Waals surface area contributed by atoms with Crippen molar-refractivity contribution in [3.8, 4) is 11.4 Å². The maximum atomic E-state index is 12.3. The molecule has 0 atom stereocenters. The number of hydrogen-bond acceptors (Lipinski definition) is 4. The molecule has 0 aliphatic heterocycles. The lowest BCUT2D eigenvalue weighted by Crippen LogP contribution is -2.13. The average Bonchev–Trinajstić information content (AvgIpc) is 2.56. The average molecular weight is 294 g/mol. The largest absolute Gasteiger partial charge is 0.332 e. The summed E-state index contributed by atoms with van der Waals surface area (Å²) in [6.45, 7) is 4.88. The molecule has 0 fully saturated rings. The summed E-state index contributed by atoms with van der Waals surface area (Å²) in [4.78, 5) is 25.6. The Balaban J connectivity index is 2.35. The Morgan fingerprint density at radius 1 is 1.09 bits per heavy atom. The Labute approximate surface area is 128 Å². The van der Waals surface area contributed by atoms with Crippen LogP contribution in [-0.2, 0) is 13.0 Å². The number of aromatic nitrogens is 4. The highest BCUT2D eigenvalue weighted by Crippen LogP contribution is 2.20. The van der Waals surface area contributed by atoms with E-state index in [1.165, 1.54) is 0 Å². The highest BCUT2D eigenvalue weighted by molar-refractivity contribution is 5.79. The van der Waals surface area contributed by atoms with Gasteiger partial charge in [0, 0.05) is 36.8 Å². The molecule has 3 aromatic heterocycles. The van der Waals surface area contributed by atoms with E-state index in [-0.39, 0.29) is 5.43 Å². The summed E-state index contributed by atoms with van der Waals surface area (Å²) < 4.78 is 1.99. The van der Waals surface area contributed by atoms with Gasteiger partial charge in [-0.05, 0) is 25.5 Å². The summed E-state index contributed by atoms with van der Waals surface area (Å²) in [5.41, 5.74) is 2.44. The van der Waals surface area contributed by atoms with Crippen LogP contribution in [0.2, 0.25) is 0 Å². The topological polar surface area (TPSA) is 60.7 Å². The summed E-state index contributed by atoms with van der Waals surface area (Å²) in [7, 11) is 0. The fraction of sp³-hybridized carbons (Fsp3) is 0.294. The molecule has 0 saturated heterocycles. The predicted molar refractivity (Wildman–Crippen MR) is 86.7 cm³/mol. The van der Waals surface area contributed by atoms with Crippen molar-refractivity contribution < 1.29 is 0 Å². The standard InChI is InChI=1S/C17H18N4O/c1-3-5-13-15-14(22)8-11-21(4-2)17(15)20-16(19-13)12-6-9-18-10-7-12/h6-11H,3-5H2,1-2H3. The molecular weight excluding hydrogens is 276 g/mol. The Hall–Kier alpha value is -2.56. The van der Waals surface area contributed by atoms with Crippen molar-refractivity contribution in [2.45, 2.75) is 33.2 Å². The maximum Gasteiger partial charge on any atom is 0.192 e. The van der Waals surface area contributed by atoms with E-state index in [2.05, 4.69) is 21.9 Å². The van der Waals surface area contributed by atoms with Gasteiger partial charge < -0.3 is 4.57 Å². The second-order valence-electron chi connectivity index (χ2n) is 5.14. The molecular formula is C17H18N4O. The fourth-order valence-corrected chi connectivity index (χ4v) is 2.57. The first-order valence-electron chi connectivity index (χ1n) is 7.55. The van der Waals surface area contributed by atoms with Gasteiger partial charge in [0.2, 0.25) is 0 Å². The molecule has 0 aliphatic rings. The first-order chi connectivity index (χ1) is 10.7. The van der Waals surface area contributed by atoms with E-state index in [9.17, 15) is 4.79 Å². The van der Waals surface area contributed by atoms with Gasteiger partial charge in [-0.15, -0.1) is 0 Å². The van der Waals surface area contributed by atoms with Crippen LogP contribution in [0.1, 0.15) is 26.0 Å². The Bertz CT molecular complexity index is 856. The van der Waals surface area contributed by atoms with Crippen molar-refractivity contribution in [2.75, 3.05) is 0 Å². The lowest BCUT2D eigenvalue weighted by molar-refractivity contribution is 0.772. The van der Waals surface area contributed by atoms with Gasteiger partial charge in [0.05, 0.1) is 11.1 Å². The molecule has 0 saturated carbocycles. The van der Waals surface area contributed by atoms with E-state index in [4.69, 9.17) is 0 Å². The Morgan fingerprint density at radius 3 is 2.55 bits per heavy atom. The minimum Gasteiger partial charge on any atom is -0.332 e. The zero-order chi connectivity index (χ0) is 15.5. The van der Waals surface area contributed by atoms with Crippen molar-refractivity contribution >= 4 is 11.0 Å². The summed E-state index contributed by atoms with van der Waals surface area (Å²) in [5.74, 6) is 0.645. The summed E-state index contributed by atoms with van der Waals surface area (Å²) >= 11 is 0. The van der Waals surface area contributed by atoms with E-state index >= 15 is 0 Å². The smallest absolute Gasteiger partial charge is 0.192 e. The summed E-state index contributed by atoms with van der Waals surface area (Å²) in [5, 5.41) is 0.643. The number of aryl methyl sites for hydroxylation is 2. The fourth-order valence-electron chi connectivity index (χ4n) is 2.57. The third-order valence-electron chi connectivity index (χ3n) is 3.66. The minimum atomic E-state index is -0.00979. The van der Waals surface area contributed by atoms with Crippen molar-refractivity contribution in [3.05, 3.63) is 52.7 Å². The van der Waals surface area contributed by atoms with Gasteiger partial charge >= 0.3 is 0 Å². The van der Waals surface area contributed by atoms with Gasteiger partial charge in [-0.1, -0.05) is 13.3 Å². The molecule has 22 heavy (non-hydrogen) atoms. The monoisotopic (exact) mass is 294 g/mol. The Morgan fingerprint density at radius 2 is 1.86 bits per heavy atom. The molecule has 0 aromatic carbocycles. The second-order valence-corrected chi connectivity index (χ2v) is 5.14. The highest BCUT2D eigenvalue weighted by atomic mass is 16.1. The van der Waals surface area contributed by atoms with Crippen LogP contribution in [-0.4, -0.2) is 19.5 Å². The minimum absolute atomic E-state index is 0.00979. The van der Waals surface area contributed by atoms with Crippen LogP contribution in [0.25, 0.3) is 22.4 Å². The summed E-state index contributed by atoms with van der Waals surface area (Å²) in [6.07, 6.45) is 6.94. The van der Waals surface area contributed by atoms with Gasteiger partial charge in [-0.3, -0.25) is 9.78 Å². The van der Waals surface area contributed by atoms with Crippen molar-refractivity contribution in [1.82, 2.24) is 19.5 Å². The van der Waals surface area contributed by atoms with Gasteiger partial charge in [-0.25, -0.2) is 9.97 Å². The van der Waals surface area contributed by atoms with Crippen molar-refractivity contribution in [3.63, 3.8) is 0 Å². The molecule has 5 heteroatoms. The molecule has 0 bridgehead atoms. The van der Waals surface area contributed by atoms with Gasteiger partial charge in [-0.2, -0.15) is 0 Å². The molecule has 0 spiro atoms. The zero-order valence-corrected chi connectivity index (χ0v) is 12.8. The second kappa shape index (κ2) is 6.05. The number of nitrogens with zero attached hydrogens (tertiary/aromatic N) is 4. The van der Waals surface area contributed by atoms with E-state index in [1.54, 1.807) is 24.7 Å². The van der Waals surface area contributed by atoms with Crippen molar-refractivity contribution in [2.24, 2.45) is 0 Å². The van der Waals surface area contributed by atoms with Crippen LogP contribution < -0.4 is 5.43 Å². The first kappa shape index (κ1) is 14.4. The normalized spacial score (nSPS) is 11.0. The van der Waals surface area contributed by atoms with E-state index in [0.717, 1.165) is 30.6 Å². The zero-order valence-electron chi connectivity index (χ0n) is 12.8. The number of pyridine rings is 2. The third kappa shape index (κ3) is 2.50. The molecule has 0 aliphatic carbocycles. The predicted octanol–water partition coefficient (Wildman–Crippen LogP) is 2.83. The lowest BCUT2D eigenvalue weighted by atomic mass is 10.1. The van der Waals surface area contributed by atoms with Gasteiger partial charge in [0.15, 0.2) is 11.3 Å². The number of hydrogen-bond donors (Lipinski definition) is 0. The van der Waals surface area contributed by atoms with E-state index in [1.807, 2.05) is 23.6 Å². The molecule has 0 N–H and O–H groups in total. The molecule has 0 radical (unpaired) electrons. The lowest BCUT2D eigenvalue weighted by Gasteiger charge is -2.12. The molecule has 3 rings (SSSR count). The van der Waals surface area contributed by atoms with Crippen LogP contribution in [0.4, 0.5) is 0 Å². The van der Waals surface area contributed by atoms with Crippen LogP contribution in [0.15, 0.2) is 41.6 Å². The van der Waals surface area contributed by atoms with Crippen LogP contribution in [0.5, 0.6) is 0 Å². The summed E-state index contributed by atoms with van der Waals surface area (Å²) in [6, 6.07) is 5.36. The van der Waals surface area contributed by atoms with Crippen LogP contribution in [0, 0.1) is 0 Å². The number of rotatable bonds is 4. The molecule has 3 heterocycles. The maximum absolute atomic E-state index is 12.3. The number of fused-ring (bicyclic) bond motifs is 1. The molecule has 112 valence electrons. The first-order valence-corrected chi connectivity index (χ1v) is 7.55. The van der Waals surface area contributed by atoms with Crippen LogP contribution >= 0.6 is 0 Å². The molecule has 3 aromatic rings. The van der Waals surface area contributed by atoms with Crippen molar-refractivity contribution in [1.29, 1.82) is 0 Å². The quantitative estimate of drug-likeness (QED) is 0.742. The highest BCUT2D eigenvalue weighted by Gasteiger charge is 2.13. The van der Waals surface area contributed by atoms with E-state index < -0.39 is 0 Å². The molecule has 5 nitrogen and oxygen atoms in total. The van der Waals surface area contributed by atoms with Gasteiger partial charge in [0.25, 0.3) is 0 Å². The van der Waals surface area contributed by atoms with Crippen LogP contribution in [0.3, 0.4) is 0 Å². The Kier molecular flexibility index (Phi) is 3.96. The molecule has 0 unspecified atom stereocenters. The third-order valence-corrected chi connectivity index (χ3v) is 3.66.